The number of likely N-dealkylation sites (tertiary alicyclic amines) is 4. The number of piperidine rings is 4. The van der Waals surface area contributed by atoms with E-state index in [9.17, 15) is 74.1 Å². The highest BCUT2D eigenvalue weighted by molar-refractivity contribution is 6.35. The number of hydrogen-bond donors (Lipinski definition) is 7. The van der Waals surface area contributed by atoms with Gasteiger partial charge in [-0.15, -0.1) is 0 Å². The number of fused-ring (bicyclic) bond motifs is 4. The van der Waals surface area contributed by atoms with Crippen LogP contribution in [0, 0.1) is 0 Å². The van der Waals surface area contributed by atoms with Gasteiger partial charge in [0.1, 0.15) is 68.2 Å². The van der Waals surface area contributed by atoms with Crippen molar-refractivity contribution in [2.75, 3.05) is 119 Å². The molecule has 136 heavy (non-hydrogen) atoms. The number of oxime groups is 4. The van der Waals surface area contributed by atoms with E-state index in [-0.39, 0.29) is 196 Å². The third-order valence-corrected chi connectivity index (χ3v) is 25.2. The Bertz CT molecular complexity index is 4820. The lowest BCUT2D eigenvalue weighted by Crippen LogP contribution is -2.37. The van der Waals surface area contributed by atoms with Gasteiger partial charge in [-0.3, -0.25) is 19.2 Å². The number of allylic oxidation sites excluding steroid dienone is 7. The molecular weight excluding hydrogens is 1840 g/mol. The molecule has 0 spiro atoms. The fourth-order valence-corrected chi connectivity index (χ4v) is 17.1. The minimum atomic E-state index is -0.756. The van der Waals surface area contributed by atoms with E-state index in [2.05, 4.69) is 32.8 Å². The molecule has 4 aromatic carbocycles. The Labute approximate surface area is 813 Å². The minimum absolute atomic E-state index is 0.0150. The van der Waals surface area contributed by atoms with E-state index in [1.165, 1.54) is 13.2 Å². The van der Waals surface area contributed by atoms with Gasteiger partial charge in [0.2, 0.25) is 0 Å². The van der Waals surface area contributed by atoms with E-state index in [1.807, 2.05) is 42.5 Å². The average molecular weight is 1970 g/mol. The fourth-order valence-electron chi connectivity index (χ4n) is 16.2. The summed E-state index contributed by atoms with van der Waals surface area (Å²) in [6.07, 6.45) is 45.1. The number of carbonyl (C=O) groups excluding carboxylic acids is 8. The number of aromatic hydroxyl groups is 7. The molecule has 4 amide bonds. The molecule has 33 nitrogen and oxygen atoms in total. The average Bonchev–Trinajstić information content (AvgIpc) is 0.896. The number of phenols is 7. The Morgan fingerprint density at radius 2 is 0.662 bits per heavy atom. The SMILES string of the molecule is COC1CC/C=C/CCOC(=O)c2c(O)cc(O)c(Cl)c2C/C(=N/OCC(=O)N2CCCCC2)C1.COc1cc(O)c2c(c1Cl)CC(=N\OCC(=O)N1CCCCC1)/C=C/CC/C=C/CCCOC2=O.O=C1OCC/C=C/CCCC/C(=N/OCC(=O)N2CCCCC2)Cc2c(Cl)c(O)cc(O)c21.O=C1OCC/C=C/CCCC/C(=N\OCC(=O)N2CCCCC2)Cc2c(Cl)c(O)cc(O)c21. The third-order valence-electron chi connectivity index (χ3n) is 23.6. The molecule has 0 radical (unpaired) electrons. The molecule has 0 aliphatic carbocycles. The van der Waals surface area contributed by atoms with Crippen LogP contribution in [-0.4, -0.2) is 251 Å². The molecule has 4 fully saturated rings. The largest absolute Gasteiger partial charge is 0.507 e. The van der Waals surface area contributed by atoms with E-state index in [1.54, 1.807) is 32.8 Å². The number of amides is 4. The van der Waals surface area contributed by atoms with Crippen LogP contribution in [0.5, 0.6) is 46.0 Å². The lowest BCUT2D eigenvalue weighted by molar-refractivity contribution is -0.137. The fraction of sp³-hybridized carbons (Fsp3) is 0.535. The number of cyclic esters (lactones) is 4. The van der Waals surface area contributed by atoms with Crippen molar-refractivity contribution in [3.05, 3.63) is 150 Å². The molecule has 8 aliphatic rings. The van der Waals surface area contributed by atoms with Crippen molar-refractivity contribution in [1.29, 1.82) is 0 Å². The zero-order valence-corrected chi connectivity index (χ0v) is 80.6. The Morgan fingerprint density at radius 3 is 1.04 bits per heavy atom. The van der Waals surface area contributed by atoms with Crippen LogP contribution in [0.4, 0.5) is 0 Å². The van der Waals surface area contributed by atoms with Crippen LogP contribution in [0.25, 0.3) is 0 Å². The topological polar surface area (TPSA) is 433 Å². The zero-order valence-electron chi connectivity index (χ0n) is 77.6. The number of nitrogens with zero attached hydrogens (tertiary/aromatic N) is 8. The Balaban J connectivity index is 0.000000203. The second-order valence-electron chi connectivity index (χ2n) is 33.7. The van der Waals surface area contributed by atoms with Crippen molar-refractivity contribution in [3.63, 3.8) is 0 Å². The summed E-state index contributed by atoms with van der Waals surface area (Å²) < 4.78 is 32.2. The predicted molar refractivity (Wildman–Crippen MR) is 515 cm³/mol. The Hall–Kier alpha value is -11.3. The van der Waals surface area contributed by atoms with E-state index in [4.69, 9.17) is 94.2 Å². The second-order valence-corrected chi connectivity index (χ2v) is 35.2. The van der Waals surface area contributed by atoms with Crippen molar-refractivity contribution < 1.29 is 122 Å². The van der Waals surface area contributed by atoms with Crippen LogP contribution in [0.2, 0.25) is 20.1 Å². The van der Waals surface area contributed by atoms with E-state index in [0.717, 1.165) is 199 Å². The molecule has 0 bridgehead atoms. The van der Waals surface area contributed by atoms with Crippen LogP contribution in [0.1, 0.15) is 256 Å². The standard InChI is InChI=1S/C26H33ClN2O6.C25H33ClN2O7.2C24H31ClN2O6/c1-33-22-17-21(30)24-20(25(22)27)16-19(28-35-18-23(31)29-13-9-7-10-14-29)12-8-5-3-2-4-6-11-15-34-26(24)32;1-33-18-9-5-2-3-8-12-34-25(32)23-19(24(26)21(30)15-20(23)29)14-17(13-18)27-35-16-22(31)28-10-6-4-7-11-28;2*25-23-18-14-17(26-33-16-21(30)27-11-7-5-8-12-27)10-6-3-1-2-4-9-13-32-24(31)22(18)19(28)15-20(23)29/h2,4,8,12,17,30H,3,5-7,9-11,13-16,18H2,1H3;2-3,15,18,29-30H,4-14,16H2,1H3;2*2,4,15,28-29H,1,3,5-14,16H2/b4-2+,12-8+,28-19-;3-2+,27-17+;4-2+,26-17+;4-2+,26-17-. The Morgan fingerprint density at radius 1 is 0.346 bits per heavy atom. The number of phenolic OH excluding ortho intramolecular Hbond substituents is 7. The van der Waals surface area contributed by atoms with Gasteiger partial charge in [-0.1, -0.05) is 122 Å². The minimum Gasteiger partial charge on any atom is -0.507 e. The molecule has 1 atom stereocenters. The van der Waals surface area contributed by atoms with Gasteiger partial charge in [0, 0.05) is 116 Å². The maximum Gasteiger partial charge on any atom is 0.342 e. The van der Waals surface area contributed by atoms with Crippen LogP contribution in [0.15, 0.2) is 106 Å². The van der Waals surface area contributed by atoms with Crippen LogP contribution >= 0.6 is 46.4 Å². The van der Waals surface area contributed by atoms with Crippen molar-refractivity contribution in [1.82, 2.24) is 19.6 Å². The molecule has 742 valence electrons. The normalized spacial score (nSPS) is 20.9. The zero-order chi connectivity index (χ0) is 97.5. The quantitative estimate of drug-likeness (QED) is 0.0267. The maximum absolute atomic E-state index is 12.9. The molecule has 4 saturated heterocycles. The predicted octanol–water partition coefficient (Wildman–Crippen LogP) is 17.5. The maximum atomic E-state index is 12.9. The summed E-state index contributed by atoms with van der Waals surface area (Å²) in [4.78, 5) is 129. The molecule has 0 saturated carbocycles. The molecule has 37 heteroatoms. The van der Waals surface area contributed by atoms with Gasteiger partial charge in [-0.25, -0.2) is 19.2 Å². The van der Waals surface area contributed by atoms with Crippen LogP contribution in [0.3, 0.4) is 0 Å². The summed E-state index contributed by atoms with van der Waals surface area (Å²) in [7, 11) is 3.03. The molecule has 8 aliphatic heterocycles. The van der Waals surface area contributed by atoms with Gasteiger partial charge in [0.05, 0.1) is 82.6 Å². The number of carbonyl (C=O) groups is 8. The van der Waals surface area contributed by atoms with E-state index < -0.39 is 41.1 Å². The summed E-state index contributed by atoms with van der Waals surface area (Å²) in [5.41, 5.74) is 2.56. The van der Waals surface area contributed by atoms with Gasteiger partial charge >= 0.3 is 23.9 Å². The molecule has 0 aromatic heterocycles. The molecule has 8 heterocycles. The van der Waals surface area contributed by atoms with Gasteiger partial charge in [0.25, 0.3) is 23.6 Å². The summed E-state index contributed by atoms with van der Waals surface area (Å²) in [6.45, 7) is 5.76. The highest BCUT2D eigenvalue weighted by Crippen LogP contribution is 2.43. The van der Waals surface area contributed by atoms with Crippen LogP contribution in [-0.2, 0) is 87.9 Å². The summed E-state index contributed by atoms with van der Waals surface area (Å²) in [6, 6.07) is 4.35. The lowest BCUT2D eigenvalue weighted by atomic mass is 9.96. The lowest BCUT2D eigenvalue weighted by Gasteiger charge is -2.26. The highest BCUT2D eigenvalue weighted by Gasteiger charge is 2.32. The van der Waals surface area contributed by atoms with Gasteiger partial charge < -0.3 is 103 Å². The van der Waals surface area contributed by atoms with Gasteiger partial charge in [0.15, 0.2) is 26.4 Å². The van der Waals surface area contributed by atoms with Crippen molar-refractivity contribution >= 4 is 117 Å². The molecular formula is C99H128Cl4N8O25. The second kappa shape index (κ2) is 59.0. The first-order chi connectivity index (χ1) is 65.8. The number of halogens is 4. The van der Waals surface area contributed by atoms with Crippen molar-refractivity contribution in [2.45, 2.75) is 224 Å². The summed E-state index contributed by atoms with van der Waals surface area (Å²) in [5.74, 6) is -5.75. The number of rotatable bonds is 14. The first kappa shape index (κ1) is 108. The first-order valence-corrected chi connectivity index (χ1v) is 48.5. The number of methoxy groups -OCH3 is 2. The third kappa shape index (κ3) is 35.1. The van der Waals surface area contributed by atoms with E-state index in [0.29, 0.717) is 92.9 Å². The van der Waals surface area contributed by atoms with Crippen molar-refractivity contribution in [3.8, 4) is 46.0 Å². The number of esters is 4. The number of benzene rings is 4. The van der Waals surface area contributed by atoms with Gasteiger partial charge in [-0.2, -0.15) is 0 Å². The van der Waals surface area contributed by atoms with Gasteiger partial charge in [-0.05, 0) is 215 Å². The first-order valence-electron chi connectivity index (χ1n) is 46.9. The van der Waals surface area contributed by atoms with Crippen LogP contribution < -0.4 is 4.74 Å². The number of hydrogen-bond acceptors (Lipinski definition) is 29. The summed E-state index contributed by atoms with van der Waals surface area (Å²) in [5, 5.41) is 88.9. The Kier molecular flexibility index (Phi) is 47.0. The van der Waals surface area contributed by atoms with Crippen molar-refractivity contribution in [2.24, 2.45) is 20.6 Å². The highest BCUT2D eigenvalue weighted by atomic mass is 35.5. The monoisotopic (exact) mass is 1970 g/mol. The molecule has 4 aromatic rings. The molecule has 7 N–H and O–H groups in total. The molecule has 12 rings (SSSR count). The molecule has 1 unspecified atom stereocenters. The summed E-state index contributed by atoms with van der Waals surface area (Å²) >= 11 is 25.5. The van der Waals surface area contributed by atoms with E-state index >= 15 is 0 Å². The number of ether oxygens (including phenoxy) is 6. The smallest absolute Gasteiger partial charge is 0.342 e.